The van der Waals surface area contributed by atoms with Crippen LogP contribution < -0.4 is 11.1 Å². The summed E-state index contributed by atoms with van der Waals surface area (Å²) in [6, 6.07) is 7.47. The largest absolute Gasteiger partial charge is 0.330 e. The van der Waals surface area contributed by atoms with Gasteiger partial charge in [0.2, 0.25) is 5.91 Å². The molecule has 0 aliphatic carbocycles. The van der Waals surface area contributed by atoms with E-state index in [0.29, 0.717) is 12.2 Å². The summed E-state index contributed by atoms with van der Waals surface area (Å²) in [4.78, 5) is 12.2. The van der Waals surface area contributed by atoms with E-state index >= 15 is 0 Å². The van der Waals surface area contributed by atoms with Crippen molar-refractivity contribution in [3.05, 3.63) is 36.7 Å². The van der Waals surface area contributed by atoms with Gasteiger partial charge in [-0.3, -0.25) is 4.79 Å². The van der Waals surface area contributed by atoms with E-state index in [1.54, 1.807) is 17.1 Å². The van der Waals surface area contributed by atoms with Crippen LogP contribution in [0, 0.1) is 5.92 Å². The second-order valence-corrected chi connectivity index (χ2v) is 4.58. The molecule has 1 amide bonds. The highest BCUT2D eigenvalue weighted by Gasteiger charge is 2.17. The quantitative estimate of drug-likeness (QED) is 0.836. The summed E-state index contributed by atoms with van der Waals surface area (Å²) in [5, 5.41) is 10.7. The van der Waals surface area contributed by atoms with Crippen molar-refractivity contribution in [2.24, 2.45) is 11.7 Å². The second kappa shape index (κ2) is 6.81. The third-order valence-corrected chi connectivity index (χ3v) is 3.12. The van der Waals surface area contributed by atoms with Gasteiger partial charge in [-0.25, -0.2) is 4.68 Å². The first kappa shape index (κ1) is 14.2. The first-order chi connectivity index (χ1) is 9.76. The minimum absolute atomic E-state index is 0.0538. The van der Waals surface area contributed by atoms with Crippen LogP contribution in [0.4, 0.5) is 5.69 Å². The highest BCUT2D eigenvalue weighted by atomic mass is 16.1. The van der Waals surface area contributed by atoms with Gasteiger partial charge in [-0.05, 0) is 18.6 Å². The molecule has 1 aromatic carbocycles. The van der Waals surface area contributed by atoms with Crippen LogP contribution in [-0.4, -0.2) is 27.4 Å². The van der Waals surface area contributed by atoms with Crippen LogP contribution in [0.25, 0.3) is 5.69 Å². The van der Waals surface area contributed by atoms with E-state index in [-0.39, 0.29) is 11.8 Å². The van der Waals surface area contributed by atoms with E-state index in [0.717, 1.165) is 18.5 Å². The molecule has 1 aromatic heterocycles. The van der Waals surface area contributed by atoms with Crippen LogP contribution in [-0.2, 0) is 4.79 Å². The maximum Gasteiger partial charge on any atom is 0.228 e. The molecule has 1 atom stereocenters. The molecule has 0 spiro atoms. The number of hydrogen-bond acceptors (Lipinski definition) is 4. The van der Waals surface area contributed by atoms with Crippen molar-refractivity contribution in [3.8, 4) is 5.69 Å². The highest BCUT2D eigenvalue weighted by Crippen LogP contribution is 2.20. The molecule has 0 saturated heterocycles. The SMILES string of the molecule is CCCC(CN)C(=O)Nc1ccccc1-n1ccnn1. The smallest absolute Gasteiger partial charge is 0.228 e. The molecule has 0 bridgehead atoms. The molecule has 2 rings (SSSR count). The maximum absolute atomic E-state index is 12.2. The lowest BCUT2D eigenvalue weighted by molar-refractivity contribution is -0.119. The van der Waals surface area contributed by atoms with Crippen LogP contribution in [0.5, 0.6) is 0 Å². The Balaban J connectivity index is 2.19. The predicted molar refractivity (Wildman–Crippen MR) is 77.4 cm³/mol. The first-order valence-corrected chi connectivity index (χ1v) is 6.73. The van der Waals surface area contributed by atoms with Crippen LogP contribution in [0.15, 0.2) is 36.7 Å². The monoisotopic (exact) mass is 273 g/mol. The number of nitrogens with zero attached hydrogens (tertiary/aromatic N) is 3. The third-order valence-electron chi connectivity index (χ3n) is 3.12. The molecule has 0 fully saturated rings. The summed E-state index contributed by atoms with van der Waals surface area (Å²) in [6.45, 7) is 2.39. The Morgan fingerprint density at radius 1 is 1.45 bits per heavy atom. The Bertz CT molecular complexity index is 552. The number of nitrogens with two attached hydrogens (primary N) is 1. The first-order valence-electron chi connectivity index (χ1n) is 6.73. The fourth-order valence-corrected chi connectivity index (χ4v) is 2.06. The summed E-state index contributed by atoms with van der Waals surface area (Å²) in [5.74, 6) is -0.217. The van der Waals surface area contributed by atoms with Crippen LogP contribution in [0.2, 0.25) is 0 Å². The third kappa shape index (κ3) is 3.21. The highest BCUT2D eigenvalue weighted by molar-refractivity contribution is 5.94. The lowest BCUT2D eigenvalue weighted by atomic mass is 10.0. The Morgan fingerprint density at radius 3 is 2.90 bits per heavy atom. The number of anilines is 1. The molecule has 106 valence electrons. The lowest BCUT2D eigenvalue weighted by Gasteiger charge is -2.16. The van der Waals surface area contributed by atoms with Gasteiger partial charge in [0.1, 0.15) is 0 Å². The molecule has 20 heavy (non-hydrogen) atoms. The topological polar surface area (TPSA) is 85.8 Å². The normalized spacial score (nSPS) is 12.1. The lowest BCUT2D eigenvalue weighted by Crippen LogP contribution is -2.29. The Kier molecular flexibility index (Phi) is 4.84. The Hall–Kier alpha value is -2.21. The van der Waals surface area contributed by atoms with Crippen molar-refractivity contribution in [3.63, 3.8) is 0 Å². The zero-order chi connectivity index (χ0) is 14.4. The van der Waals surface area contributed by atoms with Crippen molar-refractivity contribution >= 4 is 11.6 Å². The molecule has 0 radical (unpaired) electrons. The van der Waals surface area contributed by atoms with Gasteiger partial charge in [0.25, 0.3) is 0 Å². The molecular weight excluding hydrogens is 254 g/mol. The molecule has 1 unspecified atom stereocenters. The van der Waals surface area contributed by atoms with Gasteiger partial charge in [-0.15, -0.1) is 5.10 Å². The summed E-state index contributed by atoms with van der Waals surface area (Å²) in [5.41, 5.74) is 7.15. The average Bonchev–Trinajstić information content (AvgIpc) is 2.99. The van der Waals surface area contributed by atoms with Crippen molar-refractivity contribution < 1.29 is 4.79 Å². The van der Waals surface area contributed by atoms with E-state index in [9.17, 15) is 4.79 Å². The fourth-order valence-electron chi connectivity index (χ4n) is 2.06. The average molecular weight is 273 g/mol. The molecule has 3 N–H and O–H groups in total. The minimum Gasteiger partial charge on any atom is -0.330 e. The van der Waals surface area contributed by atoms with E-state index in [2.05, 4.69) is 15.6 Å². The van der Waals surface area contributed by atoms with Crippen LogP contribution in [0.1, 0.15) is 19.8 Å². The molecule has 1 heterocycles. The maximum atomic E-state index is 12.2. The number of carbonyl (C=O) groups excluding carboxylic acids is 1. The van der Waals surface area contributed by atoms with Gasteiger partial charge in [0.05, 0.1) is 29.7 Å². The van der Waals surface area contributed by atoms with E-state index < -0.39 is 0 Å². The van der Waals surface area contributed by atoms with Crippen molar-refractivity contribution in [1.82, 2.24) is 15.0 Å². The summed E-state index contributed by atoms with van der Waals surface area (Å²) >= 11 is 0. The minimum atomic E-state index is -0.163. The number of carbonyl (C=O) groups is 1. The Labute approximate surface area is 118 Å². The summed E-state index contributed by atoms with van der Waals surface area (Å²) < 4.78 is 1.62. The van der Waals surface area contributed by atoms with E-state index in [1.165, 1.54) is 0 Å². The summed E-state index contributed by atoms with van der Waals surface area (Å²) in [6.07, 6.45) is 5.05. The van der Waals surface area contributed by atoms with Crippen LogP contribution >= 0.6 is 0 Å². The number of nitrogens with one attached hydrogen (secondary N) is 1. The molecule has 2 aromatic rings. The zero-order valence-electron chi connectivity index (χ0n) is 11.5. The van der Waals surface area contributed by atoms with Crippen LogP contribution in [0.3, 0.4) is 0 Å². The van der Waals surface area contributed by atoms with Gasteiger partial charge in [0, 0.05) is 6.54 Å². The second-order valence-electron chi connectivity index (χ2n) is 4.58. The molecular formula is C14H19N5O. The molecule has 0 aliphatic heterocycles. The van der Waals surface area contributed by atoms with Crippen molar-refractivity contribution in [2.45, 2.75) is 19.8 Å². The number of rotatable bonds is 6. The van der Waals surface area contributed by atoms with Gasteiger partial charge >= 0.3 is 0 Å². The predicted octanol–water partition coefficient (Wildman–Crippen LogP) is 1.58. The molecule has 6 nitrogen and oxygen atoms in total. The number of para-hydroxylation sites is 2. The number of aromatic nitrogens is 3. The molecule has 0 saturated carbocycles. The van der Waals surface area contributed by atoms with Crippen molar-refractivity contribution in [2.75, 3.05) is 11.9 Å². The standard InChI is InChI=1S/C14H19N5O/c1-2-5-11(10-15)14(20)17-12-6-3-4-7-13(12)19-9-8-16-18-19/h3-4,6-9,11H,2,5,10,15H2,1H3,(H,17,20). The number of hydrogen-bond donors (Lipinski definition) is 2. The Morgan fingerprint density at radius 2 is 2.25 bits per heavy atom. The van der Waals surface area contributed by atoms with Gasteiger partial charge in [0.15, 0.2) is 0 Å². The zero-order valence-corrected chi connectivity index (χ0v) is 11.5. The van der Waals surface area contributed by atoms with E-state index in [1.807, 2.05) is 31.2 Å². The van der Waals surface area contributed by atoms with E-state index in [4.69, 9.17) is 5.73 Å². The van der Waals surface area contributed by atoms with Gasteiger partial charge in [-0.2, -0.15) is 0 Å². The van der Waals surface area contributed by atoms with Gasteiger partial charge < -0.3 is 11.1 Å². The molecule has 6 heteroatoms. The number of benzene rings is 1. The summed E-state index contributed by atoms with van der Waals surface area (Å²) in [7, 11) is 0. The number of amides is 1. The molecule has 0 aliphatic rings. The van der Waals surface area contributed by atoms with Gasteiger partial charge in [-0.1, -0.05) is 30.7 Å². The van der Waals surface area contributed by atoms with Crippen molar-refractivity contribution in [1.29, 1.82) is 0 Å². The fraction of sp³-hybridized carbons (Fsp3) is 0.357.